The van der Waals surface area contributed by atoms with Crippen LogP contribution in [0.5, 0.6) is 5.75 Å². The Morgan fingerprint density at radius 1 is 1.38 bits per heavy atom. The molecule has 24 heavy (non-hydrogen) atoms. The molecule has 7 heteroatoms. The summed E-state index contributed by atoms with van der Waals surface area (Å²) in [4.78, 5) is 14.4. The molecule has 2 unspecified atom stereocenters. The van der Waals surface area contributed by atoms with Gasteiger partial charge in [0.1, 0.15) is 5.75 Å². The van der Waals surface area contributed by atoms with Crippen molar-refractivity contribution in [2.24, 2.45) is 5.73 Å². The molecule has 6 nitrogen and oxygen atoms in total. The molecule has 3 N–H and O–H groups in total. The number of benzene rings is 1. The van der Waals surface area contributed by atoms with Crippen molar-refractivity contribution in [2.45, 2.75) is 31.9 Å². The van der Waals surface area contributed by atoms with E-state index in [1.54, 1.807) is 7.11 Å². The maximum absolute atomic E-state index is 12.2. The van der Waals surface area contributed by atoms with E-state index in [4.69, 9.17) is 15.2 Å². The molecule has 1 aromatic rings. The Morgan fingerprint density at radius 2 is 2.08 bits per heavy atom. The number of carbonyl (C=O) groups is 1. The molecule has 1 aromatic carbocycles. The quantitative estimate of drug-likeness (QED) is 0.779. The molecule has 0 bridgehead atoms. The number of anilines is 1. The monoisotopic (exact) mass is 357 g/mol. The first-order valence-corrected chi connectivity index (χ1v) is 8.15. The SMILES string of the molecule is CCOc1ccc(NC(=O)CN2CCC(OC)CC2CN)cc1.Cl. The Kier molecular flexibility index (Phi) is 9.07. The van der Waals surface area contributed by atoms with Crippen LogP contribution in [0.15, 0.2) is 24.3 Å². The van der Waals surface area contributed by atoms with Gasteiger partial charge < -0.3 is 20.5 Å². The summed E-state index contributed by atoms with van der Waals surface area (Å²) in [5, 5.41) is 2.92. The van der Waals surface area contributed by atoms with Gasteiger partial charge in [-0.25, -0.2) is 0 Å². The maximum Gasteiger partial charge on any atom is 0.238 e. The molecule has 136 valence electrons. The first kappa shape index (κ1) is 20.7. The molecule has 0 saturated carbocycles. The lowest BCUT2D eigenvalue weighted by Crippen LogP contribution is -2.50. The van der Waals surface area contributed by atoms with Crippen LogP contribution >= 0.6 is 12.4 Å². The lowest BCUT2D eigenvalue weighted by Gasteiger charge is -2.37. The zero-order valence-corrected chi connectivity index (χ0v) is 15.2. The molecular weight excluding hydrogens is 330 g/mol. The molecule has 1 saturated heterocycles. The van der Waals surface area contributed by atoms with Gasteiger partial charge in [-0.05, 0) is 44.0 Å². The molecule has 1 aliphatic rings. The van der Waals surface area contributed by atoms with Gasteiger partial charge in [0.05, 0.1) is 19.3 Å². The van der Waals surface area contributed by atoms with Crippen LogP contribution < -0.4 is 15.8 Å². The number of carbonyl (C=O) groups excluding carboxylic acids is 1. The number of likely N-dealkylation sites (tertiary alicyclic amines) is 1. The third-order valence-electron chi connectivity index (χ3n) is 4.19. The summed E-state index contributed by atoms with van der Waals surface area (Å²) in [5.74, 6) is 0.777. The third kappa shape index (κ3) is 5.94. The summed E-state index contributed by atoms with van der Waals surface area (Å²) in [6.07, 6.45) is 2.06. The summed E-state index contributed by atoms with van der Waals surface area (Å²) >= 11 is 0. The molecule has 0 aromatic heterocycles. The van der Waals surface area contributed by atoms with E-state index in [0.29, 0.717) is 19.7 Å². The van der Waals surface area contributed by atoms with Crippen molar-refractivity contribution in [2.75, 3.05) is 38.7 Å². The predicted molar refractivity (Wildman–Crippen MR) is 97.9 cm³/mol. The van der Waals surface area contributed by atoms with E-state index in [-0.39, 0.29) is 30.5 Å². The highest BCUT2D eigenvalue weighted by atomic mass is 35.5. The van der Waals surface area contributed by atoms with E-state index in [1.807, 2.05) is 31.2 Å². The molecule has 1 heterocycles. The van der Waals surface area contributed by atoms with Gasteiger partial charge in [0, 0.05) is 31.9 Å². The Bertz CT molecular complexity index is 498. The number of rotatable bonds is 7. The van der Waals surface area contributed by atoms with Gasteiger partial charge in [-0.3, -0.25) is 9.69 Å². The van der Waals surface area contributed by atoms with Crippen molar-refractivity contribution in [1.82, 2.24) is 4.90 Å². The average Bonchev–Trinajstić information content (AvgIpc) is 2.57. The Balaban J connectivity index is 0.00000288. The second-order valence-corrected chi connectivity index (χ2v) is 5.75. The van der Waals surface area contributed by atoms with E-state index in [0.717, 1.165) is 30.8 Å². The van der Waals surface area contributed by atoms with Crippen LogP contribution in [-0.2, 0) is 9.53 Å². The highest BCUT2D eigenvalue weighted by Gasteiger charge is 2.28. The molecule has 2 atom stereocenters. The van der Waals surface area contributed by atoms with Crippen molar-refractivity contribution in [3.05, 3.63) is 24.3 Å². The van der Waals surface area contributed by atoms with Gasteiger partial charge in [-0.2, -0.15) is 0 Å². The van der Waals surface area contributed by atoms with Crippen molar-refractivity contribution < 1.29 is 14.3 Å². The topological polar surface area (TPSA) is 76.8 Å². The van der Waals surface area contributed by atoms with Crippen molar-refractivity contribution in [3.8, 4) is 5.75 Å². The second kappa shape index (κ2) is 10.5. The third-order valence-corrected chi connectivity index (χ3v) is 4.19. The van der Waals surface area contributed by atoms with Gasteiger partial charge in [0.2, 0.25) is 5.91 Å². The van der Waals surface area contributed by atoms with E-state index in [9.17, 15) is 4.79 Å². The number of hydrogen-bond donors (Lipinski definition) is 2. The normalized spacial score (nSPS) is 21.0. The highest BCUT2D eigenvalue weighted by Crippen LogP contribution is 2.19. The van der Waals surface area contributed by atoms with E-state index < -0.39 is 0 Å². The fourth-order valence-corrected chi connectivity index (χ4v) is 2.92. The zero-order valence-electron chi connectivity index (χ0n) is 14.4. The largest absolute Gasteiger partial charge is 0.494 e. The first-order chi connectivity index (χ1) is 11.2. The molecule has 1 fully saturated rings. The van der Waals surface area contributed by atoms with E-state index in [1.165, 1.54) is 0 Å². The van der Waals surface area contributed by atoms with Crippen LogP contribution in [0, 0.1) is 0 Å². The summed E-state index contributed by atoms with van der Waals surface area (Å²) in [7, 11) is 1.73. The van der Waals surface area contributed by atoms with Crippen LogP contribution in [0.3, 0.4) is 0 Å². The number of piperidine rings is 1. The van der Waals surface area contributed by atoms with Crippen LogP contribution in [-0.4, -0.2) is 56.3 Å². The maximum atomic E-state index is 12.2. The van der Waals surface area contributed by atoms with Gasteiger partial charge in [0.15, 0.2) is 0 Å². The summed E-state index contributed by atoms with van der Waals surface area (Å²) in [6, 6.07) is 7.60. The van der Waals surface area contributed by atoms with E-state index >= 15 is 0 Å². The van der Waals surface area contributed by atoms with Gasteiger partial charge >= 0.3 is 0 Å². The Hall–Kier alpha value is -1.34. The molecule has 0 radical (unpaired) electrons. The van der Waals surface area contributed by atoms with Gasteiger partial charge in [-0.15, -0.1) is 12.4 Å². The second-order valence-electron chi connectivity index (χ2n) is 5.75. The van der Waals surface area contributed by atoms with Crippen LogP contribution in [0.25, 0.3) is 0 Å². The molecule has 1 aliphatic heterocycles. The number of nitrogens with zero attached hydrogens (tertiary/aromatic N) is 1. The number of ether oxygens (including phenoxy) is 2. The molecule has 2 rings (SSSR count). The van der Waals surface area contributed by atoms with Crippen LogP contribution in [0.1, 0.15) is 19.8 Å². The van der Waals surface area contributed by atoms with Crippen molar-refractivity contribution >= 4 is 24.0 Å². The lowest BCUT2D eigenvalue weighted by molar-refractivity contribution is -0.118. The predicted octanol–water partition coefficient (Wildman–Crippen LogP) is 1.88. The number of halogens is 1. The Morgan fingerprint density at radius 3 is 2.67 bits per heavy atom. The number of nitrogens with one attached hydrogen (secondary N) is 1. The lowest BCUT2D eigenvalue weighted by atomic mass is 9.99. The first-order valence-electron chi connectivity index (χ1n) is 8.15. The van der Waals surface area contributed by atoms with Gasteiger partial charge in [-0.1, -0.05) is 0 Å². The minimum atomic E-state index is -0.0246. The molecular formula is C17H28ClN3O3. The molecule has 0 spiro atoms. The summed E-state index contributed by atoms with van der Waals surface area (Å²) < 4.78 is 10.8. The Labute approximate surface area is 150 Å². The minimum Gasteiger partial charge on any atom is -0.494 e. The number of methoxy groups -OCH3 is 1. The highest BCUT2D eigenvalue weighted by molar-refractivity contribution is 5.92. The fraction of sp³-hybridized carbons (Fsp3) is 0.588. The van der Waals surface area contributed by atoms with Crippen LogP contribution in [0.4, 0.5) is 5.69 Å². The molecule has 0 aliphatic carbocycles. The van der Waals surface area contributed by atoms with Gasteiger partial charge in [0.25, 0.3) is 0 Å². The minimum absolute atomic E-state index is 0. The van der Waals surface area contributed by atoms with Crippen molar-refractivity contribution in [1.29, 1.82) is 0 Å². The summed E-state index contributed by atoms with van der Waals surface area (Å²) in [6.45, 7) is 4.29. The van der Waals surface area contributed by atoms with E-state index in [2.05, 4.69) is 10.2 Å². The zero-order chi connectivity index (χ0) is 16.7. The standard InChI is InChI=1S/C17H27N3O3.ClH/c1-3-23-15-6-4-13(5-7-15)19-17(21)12-20-9-8-16(22-2)10-14(20)11-18;/h4-7,14,16H,3,8-12,18H2,1-2H3,(H,19,21);1H. The fourth-order valence-electron chi connectivity index (χ4n) is 2.92. The number of amides is 1. The van der Waals surface area contributed by atoms with Crippen molar-refractivity contribution in [3.63, 3.8) is 0 Å². The van der Waals surface area contributed by atoms with Crippen LogP contribution in [0.2, 0.25) is 0 Å². The summed E-state index contributed by atoms with van der Waals surface area (Å²) in [5.41, 5.74) is 6.61. The number of nitrogens with two attached hydrogens (primary N) is 1. The number of hydrogen-bond acceptors (Lipinski definition) is 5. The smallest absolute Gasteiger partial charge is 0.238 e. The average molecular weight is 358 g/mol. The molecule has 1 amide bonds.